The molecule has 3 nitrogen and oxygen atoms in total. The summed E-state index contributed by atoms with van der Waals surface area (Å²) >= 11 is 2.18. The molecule has 1 rings (SSSR count). The lowest BCUT2D eigenvalue weighted by atomic mass is 10.0. The highest BCUT2D eigenvalue weighted by molar-refractivity contribution is 14.1. The first-order valence-corrected chi connectivity index (χ1v) is 11.9. The van der Waals surface area contributed by atoms with Crippen molar-refractivity contribution >= 4 is 34.2 Å². The van der Waals surface area contributed by atoms with Gasteiger partial charge >= 0.3 is 5.97 Å². The smallest absolute Gasteiger partial charge is 0.340 e. The minimum absolute atomic E-state index is 0.307. The third-order valence-corrected chi connectivity index (χ3v) is 5.64. The fourth-order valence-corrected chi connectivity index (χ4v) is 3.77. The van der Waals surface area contributed by atoms with Crippen LogP contribution in [0.25, 0.3) is 0 Å². The van der Waals surface area contributed by atoms with Crippen LogP contribution in [0.3, 0.4) is 0 Å². The summed E-state index contributed by atoms with van der Waals surface area (Å²) in [6.45, 7) is 2.76. The molecule has 0 fully saturated rings. The number of carbonyl (C=O) groups is 1. The molecule has 1 aromatic rings. The van der Waals surface area contributed by atoms with Crippen LogP contribution in [0.15, 0.2) is 18.2 Å². The maximum absolute atomic E-state index is 12.0. The van der Waals surface area contributed by atoms with E-state index in [0.717, 1.165) is 16.4 Å². The molecule has 0 aromatic heterocycles. The first-order valence-electron chi connectivity index (χ1n) is 10.9. The van der Waals surface area contributed by atoms with Crippen molar-refractivity contribution in [1.29, 1.82) is 0 Å². The van der Waals surface area contributed by atoms with Crippen LogP contribution in [-0.2, 0) is 4.74 Å². The number of rotatable bonds is 16. The highest BCUT2D eigenvalue weighted by Gasteiger charge is 2.10. The van der Waals surface area contributed by atoms with Gasteiger partial charge in [-0.1, -0.05) is 90.4 Å². The number of esters is 1. The zero-order valence-electron chi connectivity index (χ0n) is 17.1. The molecule has 0 unspecified atom stereocenters. The van der Waals surface area contributed by atoms with Gasteiger partial charge in [-0.2, -0.15) is 0 Å². The summed E-state index contributed by atoms with van der Waals surface area (Å²) in [6, 6.07) is 5.41. The standard InChI is InChI=1S/C23H38INO2/c1-2-3-4-5-6-7-8-9-10-11-12-13-14-15-18-27-23(26)21-17-16-20(24)19-22(21)25/h16-17,19H,2-15,18,25H2,1H3. The summed E-state index contributed by atoms with van der Waals surface area (Å²) in [5.41, 5.74) is 6.84. The number of hydrogen-bond acceptors (Lipinski definition) is 3. The number of unbranched alkanes of at least 4 members (excludes halogenated alkanes) is 13. The molecule has 0 bridgehead atoms. The maximum atomic E-state index is 12.0. The Morgan fingerprint density at radius 1 is 0.852 bits per heavy atom. The van der Waals surface area contributed by atoms with Gasteiger partial charge in [-0.25, -0.2) is 4.79 Å². The molecular weight excluding hydrogens is 449 g/mol. The summed E-state index contributed by atoms with van der Waals surface area (Å²) in [4.78, 5) is 12.0. The number of ether oxygens (including phenoxy) is 1. The Hall–Kier alpha value is -0.780. The minimum Gasteiger partial charge on any atom is -0.462 e. The molecule has 0 heterocycles. The summed E-state index contributed by atoms with van der Waals surface area (Å²) in [5, 5.41) is 0. The average Bonchev–Trinajstić information content (AvgIpc) is 2.64. The van der Waals surface area contributed by atoms with E-state index in [-0.39, 0.29) is 5.97 Å². The van der Waals surface area contributed by atoms with Gasteiger partial charge in [0, 0.05) is 9.26 Å². The number of anilines is 1. The molecule has 4 heteroatoms. The van der Waals surface area contributed by atoms with Gasteiger partial charge in [0.2, 0.25) is 0 Å². The van der Waals surface area contributed by atoms with Crippen molar-refractivity contribution in [2.45, 2.75) is 96.8 Å². The van der Waals surface area contributed by atoms with E-state index in [1.165, 1.54) is 77.0 Å². The lowest BCUT2D eigenvalue weighted by Gasteiger charge is -2.07. The molecule has 0 saturated carbocycles. The third kappa shape index (κ3) is 12.3. The molecule has 0 aliphatic rings. The van der Waals surface area contributed by atoms with E-state index in [9.17, 15) is 4.79 Å². The second kappa shape index (κ2) is 16.2. The summed E-state index contributed by atoms with van der Waals surface area (Å²) in [6.07, 6.45) is 18.5. The van der Waals surface area contributed by atoms with E-state index < -0.39 is 0 Å². The van der Waals surface area contributed by atoms with E-state index in [4.69, 9.17) is 10.5 Å². The number of carbonyl (C=O) groups excluding carboxylic acids is 1. The average molecular weight is 487 g/mol. The Labute approximate surface area is 180 Å². The lowest BCUT2D eigenvalue weighted by Crippen LogP contribution is -2.09. The second-order valence-electron chi connectivity index (χ2n) is 7.46. The monoisotopic (exact) mass is 487 g/mol. The van der Waals surface area contributed by atoms with Crippen LogP contribution in [0.2, 0.25) is 0 Å². The summed E-state index contributed by atoms with van der Waals surface area (Å²) < 4.78 is 6.36. The Kier molecular flexibility index (Phi) is 14.6. The van der Waals surface area contributed by atoms with Crippen molar-refractivity contribution in [2.24, 2.45) is 0 Å². The van der Waals surface area contributed by atoms with Crippen molar-refractivity contribution in [3.05, 3.63) is 27.3 Å². The first kappa shape index (κ1) is 24.3. The molecular formula is C23H38INO2. The van der Waals surface area contributed by atoms with Crippen molar-refractivity contribution in [3.63, 3.8) is 0 Å². The number of benzene rings is 1. The van der Waals surface area contributed by atoms with E-state index in [2.05, 4.69) is 29.5 Å². The van der Waals surface area contributed by atoms with Crippen molar-refractivity contribution in [3.8, 4) is 0 Å². The highest BCUT2D eigenvalue weighted by Crippen LogP contribution is 2.17. The van der Waals surface area contributed by atoms with Gasteiger partial charge in [-0.3, -0.25) is 0 Å². The molecule has 0 amide bonds. The van der Waals surface area contributed by atoms with Gasteiger partial charge in [0.1, 0.15) is 0 Å². The second-order valence-corrected chi connectivity index (χ2v) is 8.71. The Morgan fingerprint density at radius 2 is 1.33 bits per heavy atom. The topological polar surface area (TPSA) is 52.3 Å². The molecule has 0 aliphatic heterocycles. The van der Waals surface area contributed by atoms with Gasteiger partial charge in [0.05, 0.1) is 12.2 Å². The largest absolute Gasteiger partial charge is 0.462 e. The molecule has 2 N–H and O–H groups in total. The number of nitrogens with two attached hydrogens (primary N) is 1. The van der Waals surface area contributed by atoms with E-state index in [1.807, 2.05) is 6.07 Å². The molecule has 27 heavy (non-hydrogen) atoms. The Bertz CT molecular complexity index is 519. The predicted octanol–water partition coefficient (Wildman–Crippen LogP) is 7.51. The summed E-state index contributed by atoms with van der Waals surface area (Å²) in [5.74, 6) is -0.307. The predicted molar refractivity (Wildman–Crippen MR) is 124 cm³/mol. The Morgan fingerprint density at radius 3 is 1.81 bits per heavy atom. The van der Waals surface area contributed by atoms with Crippen LogP contribution < -0.4 is 5.73 Å². The number of halogens is 1. The molecule has 0 radical (unpaired) electrons. The van der Waals surface area contributed by atoms with E-state index in [0.29, 0.717) is 17.9 Å². The number of hydrogen-bond donors (Lipinski definition) is 1. The zero-order chi connectivity index (χ0) is 19.7. The van der Waals surface area contributed by atoms with Crippen molar-refractivity contribution in [1.82, 2.24) is 0 Å². The van der Waals surface area contributed by atoms with Gasteiger partial charge in [-0.15, -0.1) is 0 Å². The van der Waals surface area contributed by atoms with Crippen LogP contribution >= 0.6 is 22.6 Å². The molecule has 154 valence electrons. The van der Waals surface area contributed by atoms with Gasteiger partial charge in [0.25, 0.3) is 0 Å². The SMILES string of the molecule is CCCCCCCCCCCCCCCCOC(=O)c1ccc(I)cc1N. The fraction of sp³-hybridized carbons (Fsp3) is 0.696. The number of nitrogen functional groups attached to an aromatic ring is 1. The van der Waals surface area contributed by atoms with E-state index in [1.54, 1.807) is 12.1 Å². The molecule has 0 spiro atoms. The Balaban J connectivity index is 1.88. The molecule has 1 aromatic carbocycles. The van der Waals surface area contributed by atoms with Crippen LogP contribution in [-0.4, -0.2) is 12.6 Å². The molecule has 0 aliphatic carbocycles. The lowest BCUT2D eigenvalue weighted by molar-refractivity contribution is 0.0499. The van der Waals surface area contributed by atoms with Gasteiger partial charge < -0.3 is 10.5 Å². The van der Waals surface area contributed by atoms with Crippen LogP contribution in [0, 0.1) is 3.57 Å². The first-order chi connectivity index (χ1) is 13.1. The van der Waals surface area contributed by atoms with E-state index >= 15 is 0 Å². The van der Waals surface area contributed by atoms with Crippen LogP contribution in [0.5, 0.6) is 0 Å². The quantitative estimate of drug-likeness (QED) is 0.114. The molecule has 0 atom stereocenters. The van der Waals surface area contributed by atoms with Gasteiger partial charge in [0.15, 0.2) is 0 Å². The minimum atomic E-state index is -0.307. The molecule has 0 saturated heterocycles. The third-order valence-electron chi connectivity index (χ3n) is 4.96. The fourth-order valence-electron chi connectivity index (χ4n) is 3.26. The van der Waals surface area contributed by atoms with Crippen molar-refractivity contribution in [2.75, 3.05) is 12.3 Å². The maximum Gasteiger partial charge on any atom is 0.340 e. The van der Waals surface area contributed by atoms with Crippen LogP contribution in [0.1, 0.15) is 107 Å². The van der Waals surface area contributed by atoms with Crippen molar-refractivity contribution < 1.29 is 9.53 Å². The van der Waals surface area contributed by atoms with Gasteiger partial charge in [-0.05, 0) is 47.2 Å². The normalized spacial score (nSPS) is 10.9. The highest BCUT2D eigenvalue weighted by atomic mass is 127. The van der Waals surface area contributed by atoms with Crippen LogP contribution in [0.4, 0.5) is 5.69 Å². The zero-order valence-corrected chi connectivity index (χ0v) is 19.3. The summed E-state index contributed by atoms with van der Waals surface area (Å²) in [7, 11) is 0.